The van der Waals surface area contributed by atoms with E-state index in [4.69, 9.17) is 11.6 Å². The smallest absolute Gasteiger partial charge is 0.270 e. The number of benzene rings is 2. The van der Waals surface area contributed by atoms with Crippen LogP contribution in [0.3, 0.4) is 0 Å². The van der Waals surface area contributed by atoms with Crippen molar-refractivity contribution in [3.63, 3.8) is 0 Å². The number of fused-ring (bicyclic) bond motifs is 1. The highest BCUT2D eigenvalue weighted by molar-refractivity contribution is 7.17. The van der Waals surface area contributed by atoms with Crippen molar-refractivity contribution in [1.82, 2.24) is 9.55 Å². The SMILES string of the molecule is CC(C(=O)Nc1ccc(Cl)cc1)n1cnc2scc(-c3cccc([N+](=O)[O-])c3)c2c1=O. The molecule has 0 aliphatic carbocycles. The van der Waals surface area contributed by atoms with E-state index in [9.17, 15) is 19.7 Å². The number of anilines is 1. The molecular formula is C21H15ClN4O4S. The average Bonchev–Trinajstić information content (AvgIpc) is 3.20. The van der Waals surface area contributed by atoms with Crippen LogP contribution in [0.15, 0.2) is 65.0 Å². The number of nitrogens with zero attached hydrogens (tertiary/aromatic N) is 3. The number of thiophene rings is 1. The van der Waals surface area contributed by atoms with Gasteiger partial charge in [-0.05, 0) is 36.8 Å². The Bertz CT molecular complexity index is 1360. The molecule has 156 valence electrons. The fraction of sp³-hybridized carbons (Fsp3) is 0.0952. The standard InChI is InChI=1S/C21H15ClN4O4S/c1-12(19(27)24-15-7-5-14(22)6-8-15)25-11-23-20-18(21(25)28)17(10-31-20)13-3-2-4-16(9-13)26(29)30/h2-12H,1H3,(H,24,27). The first-order chi connectivity index (χ1) is 14.8. The summed E-state index contributed by atoms with van der Waals surface area (Å²) >= 11 is 7.12. The molecule has 1 unspecified atom stereocenters. The fourth-order valence-electron chi connectivity index (χ4n) is 3.13. The molecule has 8 nitrogen and oxygen atoms in total. The van der Waals surface area contributed by atoms with Crippen molar-refractivity contribution < 1.29 is 9.72 Å². The van der Waals surface area contributed by atoms with E-state index in [1.165, 1.54) is 34.4 Å². The van der Waals surface area contributed by atoms with Crippen molar-refractivity contribution in [1.29, 1.82) is 0 Å². The number of carbonyl (C=O) groups excluding carboxylic acids is 1. The van der Waals surface area contributed by atoms with Crippen LogP contribution in [0.4, 0.5) is 11.4 Å². The van der Waals surface area contributed by atoms with E-state index in [0.29, 0.717) is 32.1 Å². The molecule has 0 aliphatic heterocycles. The number of nitro benzene ring substituents is 1. The fourth-order valence-corrected chi connectivity index (χ4v) is 4.16. The van der Waals surface area contributed by atoms with Crippen LogP contribution in [0.2, 0.25) is 5.02 Å². The molecule has 2 aromatic carbocycles. The van der Waals surface area contributed by atoms with E-state index < -0.39 is 22.4 Å². The minimum Gasteiger partial charge on any atom is -0.324 e. The van der Waals surface area contributed by atoms with E-state index in [0.717, 1.165) is 0 Å². The molecule has 0 fully saturated rings. The summed E-state index contributed by atoms with van der Waals surface area (Å²) in [5.41, 5.74) is 1.16. The second kappa shape index (κ2) is 8.29. The number of nitro groups is 1. The molecular weight excluding hydrogens is 440 g/mol. The molecule has 2 heterocycles. The molecule has 10 heteroatoms. The zero-order chi connectivity index (χ0) is 22.1. The van der Waals surface area contributed by atoms with Gasteiger partial charge in [-0.25, -0.2) is 4.98 Å². The van der Waals surface area contributed by atoms with Crippen LogP contribution in [0.25, 0.3) is 21.3 Å². The van der Waals surface area contributed by atoms with E-state index in [1.807, 2.05) is 0 Å². The van der Waals surface area contributed by atoms with E-state index >= 15 is 0 Å². The van der Waals surface area contributed by atoms with Gasteiger partial charge in [-0.15, -0.1) is 11.3 Å². The normalized spacial score (nSPS) is 11.9. The number of non-ortho nitro benzene ring substituents is 1. The lowest BCUT2D eigenvalue weighted by Crippen LogP contribution is -2.31. The van der Waals surface area contributed by atoms with E-state index in [1.54, 1.807) is 48.7 Å². The maximum absolute atomic E-state index is 13.2. The van der Waals surface area contributed by atoms with Gasteiger partial charge in [-0.1, -0.05) is 23.7 Å². The van der Waals surface area contributed by atoms with Gasteiger partial charge in [0.2, 0.25) is 5.91 Å². The zero-order valence-corrected chi connectivity index (χ0v) is 17.7. The highest BCUT2D eigenvalue weighted by Gasteiger charge is 2.21. The van der Waals surface area contributed by atoms with E-state index in [2.05, 4.69) is 10.3 Å². The summed E-state index contributed by atoms with van der Waals surface area (Å²) in [4.78, 5) is 41.4. The number of halogens is 1. The molecule has 0 saturated carbocycles. The molecule has 0 spiro atoms. The van der Waals surface area contributed by atoms with Crippen molar-refractivity contribution in [2.45, 2.75) is 13.0 Å². The van der Waals surface area contributed by atoms with Crippen molar-refractivity contribution in [2.75, 3.05) is 5.32 Å². The second-order valence-electron chi connectivity index (χ2n) is 6.77. The number of aromatic nitrogens is 2. The third kappa shape index (κ3) is 4.05. The average molecular weight is 455 g/mol. The number of amides is 1. The first-order valence-electron chi connectivity index (χ1n) is 9.15. The minimum atomic E-state index is -0.835. The van der Waals surface area contributed by atoms with Crippen molar-refractivity contribution in [3.8, 4) is 11.1 Å². The van der Waals surface area contributed by atoms with Gasteiger partial charge in [0.25, 0.3) is 11.2 Å². The summed E-state index contributed by atoms with van der Waals surface area (Å²) < 4.78 is 1.25. The van der Waals surface area contributed by atoms with Crippen LogP contribution in [-0.4, -0.2) is 20.4 Å². The lowest BCUT2D eigenvalue weighted by molar-refractivity contribution is -0.384. The molecule has 31 heavy (non-hydrogen) atoms. The molecule has 0 aliphatic rings. The van der Waals surface area contributed by atoms with Gasteiger partial charge in [-0.3, -0.25) is 24.3 Å². The third-order valence-corrected chi connectivity index (χ3v) is 5.93. The summed E-state index contributed by atoms with van der Waals surface area (Å²) in [5.74, 6) is -0.391. The number of rotatable bonds is 5. The number of hydrogen-bond acceptors (Lipinski definition) is 6. The Morgan fingerprint density at radius 2 is 2.00 bits per heavy atom. The van der Waals surface area contributed by atoms with Gasteiger partial charge in [0.1, 0.15) is 10.9 Å². The number of nitrogens with one attached hydrogen (secondary N) is 1. The Morgan fingerprint density at radius 1 is 1.26 bits per heavy atom. The number of hydrogen-bond donors (Lipinski definition) is 1. The monoisotopic (exact) mass is 454 g/mol. The van der Waals surface area contributed by atoms with Crippen LogP contribution in [0.5, 0.6) is 0 Å². The van der Waals surface area contributed by atoms with Crippen molar-refractivity contribution in [3.05, 3.63) is 85.7 Å². The van der Waals surface area contributed by atoms with Gasteiger partial charge in [-0.2, -0.15) is 0 Å². The summed E-state index contributed by atoms with van der Waals surface area (Å²) in [6.45, 7) is 1.60. The molecule has 1 atom stereocenters. The van der Waals surface area contributed by atoms with Crippen LogP contribution in [0, 0.1) is 10.1 Å². The summed E-state index contributed by atoms with van der Waals surface area (Å²) in [6, 6.07) is 11.9. The summed E-state index contributed by atoms with van der Waals surface area (Å²) in [5, 5.41) is 16.5. The zero-order valence-electron chi connectivity index (χ0n) is 16.1. The Hall–Kier alpha value is -3.56. The molecule has 0 bridgehead atoms. The highest BCUT2D eigenvalue weighted by atomic mass is 35.5. The predicted molar refractivity (Wildman–Crippen MR) is 121 cm³/mol. The summed E-state index contributed by atoms with van der Waals surface area (Å²) in [7, 11) is 0. The molecule has 4 aromatic rings. The van der Waals surface area contributed by atoms with E-state index in [-0.39, 0.29) is 5.69 Å². The molecule has 1 N–H and O–H groups in total. The van der Waals surface area contributed by atoms with Crippen LogP contribution < -0.4 is 10.9 Å². The van der Waals surface area contributed by atoms with Gasteiger partial charge in [0.15, 0.2) is 0 Å². The summed E-state index contributed by atoms with van der Waals surface area (Å²) in [6.07, 6.45) is 1.34. The van der Waals surface area contributed by atoms with Gasteiger partial charge < -0.3 is 5.32 Å². The lowest BCUT2D eigenvalue weighted by atomic mass is 10.1. The first-order valence-corrected chi connectivity index (χ1v) is 10.4. The third-order valence-electron chi connectivity index (χ3n) is 4.80. The van der Waals surface area contributed by atoms with Crippen LogP contribution in [0.1, 0.15) is 13.0 Å². The largest absolute Gasteiger partial charge is 0.324 e. The molecule has 1 amide bonds. The Labute approximate surface area is 184 Å². The van der Waals surface area contributed by atoms with Gasteiger partial charge in [0.05, 0.1) is 16.6 Å². The highest BCUT2D eigenvalue weighted by Crippen LogP contribution is 2.32. The van der Waals surface area contributed by atoms with Crippen molar-refractivity contribution >= 4 is 50.4 Å². The van der Waals surface area contributed by atoms with Crippen LogP contribution >= 0.6 is 22.9 Å². The Morgan fingerprint density at radius 3 is 2.71 bits per heavy atom. The van der Waals surface area contributed by atoms with Crippen LogP contribution in [-0.2, 0) is 4.79 Å². The molecule has 0 radical (unpaired) electrons. The minimum absolute atomic E-state index is 0.0724. The molecule has 0 saturated heterocycles. The van der Waals surface area contributed by atoms with Gasteiger partial charge >= 0.3 is 0 Å². The number of carbonyl (C=O) groups is 1. The quantitative estimate of drug-likeness (QED) is 0.341. The Kier molecular flexibility index (Phi) is 5.53. The Balaban J connectivity index is 1.72. The second-order valence-corrected chi connectivity index (χ2v) is 8.06. The molecule has 4 rings (SSSR count). The molecule has 2 aromatic heterocycles. The van der Waals surface area contributed by atoms with Gasteiger partial charge in [0, 0.05) is 33.8 Å². The maximum atomic E-state index is 13.2. The first kappa shape index (κ1) is 20.7. The maximum Gasteiger partial charge on any atom is 0.270 e. The predicted octanol–water partition coefficient (Wildman–Crippen LogP) is 4.89. The topological polar surface area (TPSA) is 107 Å². The van der Waals surface area contributed by atoms with Crippen molar-refractivity contribution in [2.24, 2.45) is 0 Å². The lowest BCUT2D eigenvalue weighted by Gasteiger charge is -2.15.